The predicted octanol–water partition coefficient (Wildman–Crippen LogP) is 2.23. The van der Waals surface area contributed by atoms with Crippen LogP contribution in [0, 0.1) is 0 Å². The number of hydrogen-bond acceptors (Lipinski definition) is 9. The average molecular weight is 471 g/mol. The van der Waals surface area contributed by atoms with Crippen LogP contribution >= 0.6 is 0 Å². The van der Waals surface area contributed by atoms with Gasteiger partial charge in [-0.3, -0.25) is 0 Å². The third kappa shape index (κ3) is 6.77. The fourth-order valence-electron chi connectivity index (χ4n) is 3.26. The van der Waals surface area contributed by atoms with Crippen LogP contribution in [-0.2, 0) is 18.9 Å². The largest absolute Gasteiger partial charge is 0.459 e. The van der Waals surface area contributed by atoms with Crippen molar-refractivity contribution in [3.8, 4) is 0 Å². The van der Waals surface area contributed by atoms with Gasteiger partial charge in [-0.15, -0.1) is 0 Å². The second-order valence-electron chi connectivity index (χ2n) is 7.40. The number of nitrogens with zero attached hydrogens (tertiary/aromatic N) is 3. The van der Waals surface area contributed by atoms with Crippen molar-refractivity contribution in [3.05, 3.63) is 82.2 Å². The Kier molecular flexibility index (Phi) is 9.39. The van der Waals surface area contributed by atoms with E-state index in [0.29, 0.717) is 12.0 Å². The van der Waals surface area contributed by atoms with E-state index in [4.69, 9.17) is 24.5 Å². The molecule has 2 aromatic rings. The van der Waals surface area contributed by atoms with Crippen LogP contribution in [0.5, 0.6) is 0 Å². The van der Waals surface area contributed by atoms with Gasteiger partial charge in [0.1, 0.15) is 24.9 Å². The molecule has 0 amide bonds. The lowest BCUT2D eigenvalue weighted by Crippen LogP contribution is -2.60. The zero-order valence-electron chi connectivity index (χ0n) is 18.2. The Balaban J connectivity index is 1.68. The summed E-state index contributed by atoms with van der Waals surface area (Å²) in [5.74, 6) is -1.37. The van der Waals surface area contributed by atoms with Gasteiger partial charge in [-0.1, -0.05) is 41.5 Å². The number of rotatable bonds is 10. The molecule has 180 valence electrons. The summed E-state index contributed by atoms with van der Waals surface area (Å²) in [6.07, 6.45) is -6.53. The van der Waals surface area contributed by atoms with Gasteiger partial charge in [-0.25, -0.2) is 9.59 Å². The molecule has 0 bridgehead atoms. The number of azide groups is 1. The highest BCUT2D eigenvalue weighted by atomic mass is 16.7. The number of hydrogen-bond donors (Lipinski definition) is 2. The van der Waals surface area contributed by atoms with E-state index in [1.165, 1.54) is 12.1 Å². The smallest absolute Gasteiger partial charge is 0.338 e. The lowest BCUT2D eigenvalue weighted by atomic mass is 9.99. The minimum atomic E-state index is -1.58. The van der Waals surface area contributed by atoms with Gasteiger partial charge in [0.2, 0.25) is 0 Å². The van der Waals surface area contributed by atoms with Crippen LogP contribution in [0.1, 0.15) is 27.1 Å². The summed E-state index contributed by atoms with van der Waals surface area (Å²) in [6, 6.07) is 16.4. The third-order valence-electron chi connectivity index (χ3n) is 5.03. The van der Waals surface area contributed by atoms with E-state index < -0.39 is 42.6 Å². The summed E-state index contributed by atoms with van der Waals surface area (Å²) in [4.78, 5) is 27.4. The van der Waals surface area contributed by atoms with Gasteiger partial charge in [0, 0.05) is 11.5 Å². The van der Waals surface area contributed by atoms with Crippen LogP contribution in [0.25, 0.3) is 10.4 Å². The normalized spacial score (nSPS) is 24.0. The number of carbonyl (C=O) groups excluding carboxylic acids is 2. The van der Waals surface area contributed by atoms with Crippen molar-refractivity contribution in [2.45, 2.75) is 37.1 Å². The second-order valence-corrected chi connectivity index (χ2v) is 7.40. The molecule has 1 saturated heterocycles. The van der Waals surface area contributed by atoms with Gasteiger partial charge in [0.05, 0.1) is 17.7 Å². The molecular weight excluding hydrogens is 446 g/mol. The first-order valence-corrected chi connectivity index (χ1v) is 10.6. The average Bonchev–Trinajstić information content (AvgIpc) is 2.87. The fraction of sp³-hybridized carbons (Fsp3) is 0.391. The predicted molar refractivity (Wildman–Crippen MR) is 118 cm³/mol. The molecule has 2 N–H and O–H groups in total. The van der Waals surface area contributed by atoms with E-state index in [1.807, 2.05) is 0 Å². The summed E-state index contributed by atoms with van der Waals surface area (Å²) in [7, 11) is 0. The number of carbonyl (C=O) groups is 2. The Labute approximate surface area is 195 Å². The number of aliphatic hydroxyl groups excluding tert-OH is 2. The zero-order valence-corrected chi connectivity index (χ0v) is 18.2. The van der Waals surface area contributed by atoms with Crippen molar-refractivity contribution in [1.29, 1.82) is 0 Å². The van der Waals surface area contributed by atoms with E-state index >= 15 is 0 Å². The van der Waals surface area contributed by atoms with Gasteiger partial charge in [0.25, 0.3) is 0 Å². The highest BCUT2D eigenvalue weighted by molar-refractivity contribution is 5.89. The number of esters is 2. The third-order valence-corrected chi connectivity index (χ3v) is 5.03. The summed E-state index contributed by atoms with van der Waals surface area (Å²) in [5, 5.41) is 24.7. The van der Waals surface area contributed by atoms with E-state index in [0.717, 1.165) is 0 Å². The molecule has 1 heterocycles. The maximum absolute atomic E-state index is 12.5. The van der Waals surface area contributed by atoms with Crippen LogP contribution in [0.3, 0.4) is 0 Å². The van der Waals surface area contributed by atoms with E-state index in [1.54, 1.807) is 48.5 Å². The maximum atomic E-state index is 12.5. The topological polar surface area (TPSA) is 160 Å². The maximum Gasteiger partial charge on any atom is 0.338 e. The molecule has 34 heavy (non-hydrogen) atoms. The minimum Gasteiger partial charge on any atom is -0.459 e. The Morgan fingerprint density at radius 3 is 2.21 bits per heavy atom. The lowest BCUT2D eigenvalue weighted by Gasteiger charge is -2.41. The van der Waals surface area contributed by atoms with Crippen LogP contribution in [-0.4, -0.2) is 72.6 Å². The molecule has 5 atom stereocenters. The van der Waals surface area contributed by atoms with Gasteiger partial charge >= 0.3 is 11.9 Å². The molecule has 1 aliphatic rings. The number of benzene rings is 2. The van der Waals surface area contributed by atoms with Crippen molar-refractivity contribution >= 4 is 11.9 Å². The first-order valence-electron chi connectivity index (χ1n) is 10.6. The van der Waals surface area contributed by atoms with E-state index in [-0.39, 0.29) is 25.3 Å². The Bertz CT molecular complexity index is 982. The zero-order chi connectivity index (χ0) is 24.3. The molecule has 3 rings (SSSR count). The van der Waals surface area contributed by atoms with Crippen molar-refractivity contribution in [2.24, 2.45) is 5.11 Å². The molecule has 11 nitrogen and oxygen atoms in total. The molecule has 0 radical (unpaired) electrons. The molecule has 11 heteroatoms. The quantitative estimate of drug-likeness (QED) is 0.175. The number of ether oxygens (including phenoxy) is 4. The molecule has 0 aliphatic carbocycles. The Morgan fingerprint density at radius 2 is 1.59 bits per heavy atom. The van der Waals surface area contributed by atoms with Crippen LogP contribution in [0.15, 0.2) is 65.8 Å². The van der Waals surface area contributed by atoms with Gasteiger partial charge in [-0.05, 0) is 36.2 Å². The molecule has 1 aliphatic heterocycles. The van der Waals surface area contributed by atoms with Gasteiger partial charge < -0.3 is 29.2 Å². The fourth-order valence-corrected chi connectivity index (χ4v) is 3.26. The van der Waals surface area contributed by atoms with E-state index in [2.05, 4.69) is 10.0 Å². The van der Waals surface area contributed by atoms with Crippen molar-refractivity contribution in [3.63, 3.8) is 0 Å². The highest BCUT2D eigenvalue weighted by Gasteiger charge is 2.48. The highest BCUT2D eigenvalue weighted by Crippen LogP contribution is 2.26. The summed E-state index contributed by atoms with van der Waals surface area (Å²) in [6.45, 7) is -0.146. The van der Waals surface area contributed by atoms with Crippen molar-refractivity contribution in [2.75, 3.05) is 19.8 Å². The Morgan fingerprint density at radius 1 is 0.971 bits per heavy atom. The second kappa shape index (κ2) is 12.7. The molecule has 1 fully saturated rings. The first-order chi connectivity index (χ1) is 16.5. The summed E-state index contributed by atoms with van der Waals surface area (Å²) < 4.78 is 22.0. The minimum absolute atomic E-state index is 0.0579. The van der Waals surface area contributed by atoms with Crippen molar-refractivity contribution in [1.82, 2.24) is 0 Å². The molecule has 3 unspecified atom stereocenters. The monoisotopic (exact) mass is 471 g/mol. The molecular formula is C23H25N3O8. The summed E-state index contributed by atoms with van der Waals surface area (Å²) >= 11 is 0. The molecule has 0 spiro atoms. The van der Waals surface area contributed by atoms with E-state index in [9.17, 15) is 19.8 Å². The lowest BCUT2D eigenvalue weighted by molar-refractivity contribution is -0.299. The van der Waals surface area contributed by atoms with Gasteiger partial charge in [-0.2, -0.15) is 0 Å². The first kappa shape index (κ1) is 25.2. The van der Waals surface area contributed by atoms with Crippen LogP contribution < -0.4 is 0 Å². The van der Waals surface area contributed by atoms with Crippen molar-refractivity contribution < 1.29 is 38.7 Å². The standard InChI is InChI=1S/C23H25N3O8/c24-26-25-12-7-13-31-23-20(34-22(30)16-10-5-2-6-11-16)19(28)18(27)17(33-23)14-32-21(29)15-8-3-1-4-9-15/h1-6,8-11,17-20,23,27-28H,7,12-14H2/t17?,18-,19?,20?,23+/m0/s1. The summed E-state index contributed by atoms with van der Waals surface area (Å²) in [5.41, 5.74) is 8.94. The Hall–Kier alpha value is -3.47. The molecule has 0 aromatic heterocycles. The van der Waals surface area contributed by atoms with Gasteiger partial charge in [0.15, 0.2) is 12.4 Å². The molecule has 2 aromatic carbocycles. The SMILES string of the molecule is [N-]=[N+]=NCCCO[C@@H]1OC(COC(=O)c2ccccc2)[C@H](O)C(O)C1OC(=O)c1ccccc1. The number of aliphatic hydroxyl groups is 2. The molecule has 0 saturated carbocycles. The van der Waals surface area contributed by atoms with Crippen LogP contribution in [0.2, 0.25) is 0 Å². The van der Waals surface area contributed by atoms with Crippen LogP contribution in [0.4, 0.5) is 0 Å².